The maximum Gasteiger partial charge on any atom is 0.164 e. The van der Waals surface area contributed by atoms with E-state index in [-0.39, 0.29) is 0 Å². The highest BCUT2D eigenvalue weighted by Gasteiger charge is 2.17. The first-order chi connectivity index (χ1) is 14.1. The van der Waals surface area contributed by atoms with Crippen molar-refractivity contribution < 1.29 is 0 Å². The Balaban J connectivity index is 1.70. The molecule has 1 atom stereocenters. The SMILES string of the molecule is Bc1c(CCC(C)C)cc(-c2ccc(NCC3CCN3)nc2)c2c(C#N)cnn12. The Hall–Kier alpha value is -2.85. The van der Waals surface area contributed by atoms with Crippen LogP contribution in [0.5, 0.6) is 0 Å². The van der Waals surface area contributed by atoms with E-state index >= 15 is 0 Å². The van der Waals surface area contributed by atoms with E-state index in [1.54, 1.807) is 6.20 Å². The molecule has 148 valence electrons. The van der Waals surface area contributed by atoms with Crippen molar-refractivity contribution in [1.82, 2.24) is 19.9 Å². The predicted molar refractivity (Wildman–Crippen MR) is 119 cm³/mol. The van der Waals surface area contributed by atoms with Gasteiger partial charge in [-0.25, -0.2) is 9.50 Å². The zero-order valence-electron chi connectivity index (χ0n) is 17.4. The maximum absolute atomic E-state index is 9.59. The average molecular weight is 386 g/mol. The molecule has 1 saturated heterocycles. The van der Waals surface area contributed by atoms with E-state index in [9.17, 15) is 5.26 Å². The smallest absolute Gasteiger partial charge is 0.164 e. The molecule has 4 rings (SSSR count). The van der Waals surface area contributed by atoms with Crippen LogP contribution in [-0.2, 0) is 6.42 Å². The van der Waals surface area contributed by atoms with E-state index in [1.165, 1.54) is 12.0 Å². The van der Waals surface area contributed by atoms with Gasteiger partial charge in [0.2, 0.25) is 0 Å². The minimum absolute atomic E-state index is 0.543. The molecule has 1 aliphatic heterocycles. The van der Waals surface area contributed by atoms with Crippen LogP contribution in [0.4, 0.5) is 5.82 Å². The zero-order valence-corrected chi connectivity index (χ0v) is 17.4. The van der Waals surface area contributed by atoms with Gasteiger partial charge in [-0.15, -0.1) is 0 Å². The summed E-state index contributed by atoms with van der Waals surface area (Å²) in [7, 11) is 2.08. The third-order valence-corrected chi connectivity index (χ3v) is 5.77. The van der Waals surface area contributed by atoms with E-state index < -0.39 is 0 Å². The van der Waals surface area contributed by atoms with Crippen LogP contribution in [0.25, 0.3) is 16.6 Å². The molecule has 7 heteroatoms. The number of anilines is 1. The van der Waals surface area contributed by atoms with Gasteiger partial charge in [0.05, 0.1) is 17.3 Å². The van der Waals surface area contributed by atoms with Gasteiger partial charge < -0.3 is 10.6 Å². The number of rotatable bonds is 7. The zero-order chi connectivity index (χ0) is 20.4. The molecule has 4 heterocycles. The second-order valence-electron chi connectivity index (χ2n) is 8.28. The van der Waals surface area contributed by atoms with Crippen molar-refractivity contribution in [3.63, 3.8) is 0 Å². The average Bonchev–Trinajstić information content (AvgIpc) is 3.11. The van der Waals surface area contributed by atoms with Crippen LogP contribution in [-0.4, -0.2) is 41.6 Å². The van der Waals surface area contributed by atoms with Crippen LogP contribution in [0.15, 0.2) is 30.6 Å². The summed E-state index contributed by atoms with van der Waals surface area (Å²) in [6.45, 7) is 6.48. The van der Waals surface area contributed by atoms with Crippen molar-refractivity contribution in [1.29, 1.82) is 5.26 Å². The molecular formula is C22H27BN6. The first-order valence-corrected chi connectivity index (χ1v) is 10.4. The summed E-state index contributed by atoms with van der Waals surface area (Å²) in [4.78, 5) is 4.61. The molecule has 0 bridgehead atoms. The molecule has 0 aromatic carbocycles. The summed E-state index contributed by atoms with van der Waals surface area (Å²) in [5.41, 5.74) is 5.85. The first-order valence-electron chi connectivity index (χ1n) is 10.4. The Morgan fingerprint density at radius 2 is 2.21 bits per heavy atom. The normalized spacial score (nSPS) is 16.0. The fourth-order valence-electron chi connectivity index (χ4n) is 3.75. The van der Waals surface area contributed by atoms with Crippen LogP contribution < -0.4 is 16.2 Å². The molecule has 1 unspecified atom stereocenters. The lowest BCUT2D eigenvalue weighted by molar-refractivity contribution is 0.386. The van der Waals surface area contributed by atoms with Gasteiger partial charge in [-0.05, 0) is 55.5 Å². The lowest BCUT2D eigenvalue weighted by atomic mass is 9.89. The highest BCUT2D eigenvalue weighted by molar-refractivity contribution is 6.32. The molecule has 2 N–H and O–H groups in total. The molecule has 1 aliphatic rings. The van der Waals surface area contributed by atoms with Gasteiger partial charge >= 0.3 is 0 Å². The van der Waals surface area contributed by atoms with Crippen molar-refractivity contribution in [2.45, 2.75) is 39.2 Å². The largest absolute Gasteiger partial charge is 0.369 e. The molecule has 0 aliphatic carbocycles. The summed E-state index contributed by atoms with van der Waals surface area (Å²) in [6.07, 6.45) is 6.88. The topological polar surface area (TPSA) is 78.0 Å². The molecule has 0 saturated carbocycles. The Kier molecular flexibility index (Phi) is 5.55. The number of hydrogen-bond donors (Lipinski definition) is 2. The molecule has 3 aromatic heterocycles. The molecule has 0 amide bonds. The standard InChI is InChI=1S/C22H27BN6/c1-14(2)3-4-15-9-19(21-17(10-24)12-28-29(21)22(15)23)16-5-6-20(26-11-16)27-13-18-7-8-25-18/h5-6,9,11-12,14,18,25H,3-4,7-8,13,23H2,1-2H3,(H,26,27). The highest BCUT2D eigenvalue weighted by atomic mass is 15.2. The summed E-state index contributed by atoms with van der Waals surface area (Å²) in [5.74, 6) is 1.51. The molecule has 3 aromatic rings. The number of fused-ring (bicyclic) bond motifs is 1. The molecular weight excluding hydrogens is 359 g/mol. The van der Waals surface area contributed by atoms with E-state index in [0.717, 1.165) is 54.0 Å². The van der Waals surface area contributed by atoms with E-state index in [2.05, 4.69) is 60.6 Å². The van der Waals surface area contributed by atoms with Crippen LogP contribution in [0.1, 0.15) is 37.8 Å². The van der Waals surface area contributed by atoms with E-state index in [1.807, 2.05) is 16.8 Å². The number of aromatic nitrogens is 3. The first kappa shape index (κ1) is 19.5. The lowest BCUT2D eigenvalue weighted by Crippen LogP contribution is -2.47. The molecule has 0 radical (unpaired) electrons. The fourth-order valence-corrected chi connectivity index (χ4v) is 3.75. The Labute approximate surface area is 172 Å². The highest BCUT2D eigenvalue weighted by Crippen LogP contribution is 2.28. The van der Waals surface area contributed by atoms with E-state index in [4.69, 9.17) is 0 Å². The van der Waals surface area contributed by atoms with Crippen molar-refractivity contribution in [3.05, 3.63) is 41.7 Å². The summed E-state index contributed by atoms with van der Waals surface area (Å²) in [5, 5.41) is 20.9. The predicted octanol–water partition coefficient (Wildman–Crippen LogP) is 1.89. The van der Waals surface area contributed by atoms with Gasteiger partial charge in [-0.3, -0.25) is 0 Å². The van der Waals surface area contributed by atoms with Gasteiger partial charge in [0.1, 0.15) is 11.9 Å². The minimum Gasteiger partial charge on any atom is -0.369 e. The Morgan fingerprint density at radius 1 is 1.38 bits per heavy atom. The number of nitrogens with one attached hydrogen (secondary N) is 2. The number of hydrogen-bond acceptors (Lipinski definition) is 5. The Morgan fingerprint density at radius 3 is 2.83 bits per heavy atom. The van der Waals surface area contributed by atoms with Gasteiger partial charge in [0.15, 0.2) is 7.85 Å². The summed E-state index contributed by atoms with van der Waals surface area (Å²) in [6, 6.07) is 9.15. The van der Waals surface area contributed by atoms with Gasteiger partial charge in [0, 0.05) is 35.5 Å². The second kappa shape index (κ2) is 8.26. The Bertz CT molecular complexity index is 1040. The van der Waals surface area contributed by atoms with Crippen LogP contribution in [0.2, 0.25) is 0 Å². The number of aryl methyl sites for hydroxylation is 1. The minimum atomic E-state index is 0.543. The third-order valence-electron chi connectivity index (χ3n) is 5.77. The third kappa shape index (κ3) is 3.99. The molecule has 0 spiro atoms. The van der Waals surface area contributed by atoms with Gasteiger partial charge in [-0.1, -0.05) is 13.8 Å². The molecule has 6 nitrogen and oxygen atoms in total. The van der Waals surface area contributed by atoms with Crippen molar-refractivity contribution in [2.75, 3.05) is 18.4 Å². The summed E-state index contributed by atoms with van der Waals surface area (Å²) >= 11 is 0. The van der Waals surface area contributed by atoms with Crippen molar-refractivity contribution >= 4 is 24.8 Å². The maximum atomic E-state index is 9.59. The van der Waals surface area contributed by atoms with Crippen molar-refractivity contribution in [2.24, 2.45) is 5.92 Å². The van der Waals surface area contributed by atoms with Crippen LogP contribution in [0.3, 0.4) is 0 Å². The number of nitrogens with zero attached hydrogens (tertiary/aromatic N) is 4. The van der Waals surface area contributed by atoms with Crippen LogP contribution >= 0.6 is 0 Å². The van der Waals surface area contributed by atoms with E-state index in [0.29, 0.717) is 17.5 Å². The molecule has 29 heavy (non-hydrogen) atoms. The molecule has 1 fully saturated rings. The second-order valence-corrected chi connectivity index (χ2v) is 8.28. The van der Waals surface area contributed by atoms with Gasteiger partial charge in [0.25, 0.3) is 0 Å². The number of nitriles is 1. The monoisotopic (exact) mass is 386 g/mol. The summed E-state index contributed by atoms with van der Waals surface area (Å²) < 4.78 is 1.91. The lowest BCUT2D eigenvalue weighted by Gasteiger charge is -2.27. The quantitative estimate of drug-likeness (QED) is 0.607. The fraction of sp³-hybridized carbons (Fsp3) is 0.409. The van der Waals surface area contributed by atoms with Crippen LogP contribution in [0, 0.1) is 17.2 Å². The van der Waals surface area contributed by atoms with Crippen molar-refractivity contribution in [3.8, 4) is 17.2 Å². The van der Waals surface area contributed by atoms with Gasteiger partial charge in [-0.2, -0.15) is 10.4 Å². The number of pyridine rings is 2.